The van der Waals surface area contributed by atoms with Gasteiger partial charge in [-0.3, -0.25) is 4.79 Å². The molecular formula is C21H27NO5S. The second-order valence-corrected chi connectivity index (χ2v) is 8.47. The Hall–Kier alpha value is -2.54. The molecule has 0 fully saturated rings. The molecule has 1 unspecified atom stereocenters. The van der Waals surface area contributed by atoms with E-state index in [1.807, 2.05) is 39.0 Å². The van der Waals surface area contributed by atoms with Crippen molar-refractivity contribution in [3.05, 3.63) is 53.6 Å². The number of carbonyl (C=O) groups excluding carboxylic acids is 1. The first-order valence-corrected chi connectivity index (χ1v) is 11.0. The smallest absolute Gasteiger partial charge is 0.251 e. The highest BCUT2D eigenvalue weighted by atomic mass is 32.2. The highest BCUT2D eigenvalue weighted by molar-refractivity contribution is 7.91. The molecule has 0 saturated carbocycles. The fourth-order valence-electron chi connectivity index (χ4n) is 2.68. The van der Waals surface area contributed by atoms with Crippen LogP contribution in [0.4, 0.5) is 0 Å². The third-order valence-electron chi connectivity index (χ3n) is 4.27. The summed E-state index contributed by atoms with van der Waals surface area (Å²) in [5, 5.41) is 2.92. The molecule has 0 spiro atoms. The van der Waals surface area contributed by atoms with Crippen LogP contribution in [0.1, 0.15) is 49.7 Å². The SMILES string of the molecule is CCOc1ccc(C(C)NC(=O)c2ccc(S(=O)(=O)CC)cc2)cc1OCC. The van der Waals surface area contributed by atoms with Gasteiger partial charge < -0.3 is 14.8 Å². The molecule has 0 aliphatic carbocycles. The Morgan fingerprint density at radius 2 is 1.57 bits per heavy atom. The Labute approximate surface area is 166 Å². The number of sulfone groups is 1. The van der Waals surface area contributed by atoms with Crippen LogP contribution in [-0.2, 0) is 9.84 Å². The Morgan fingerprint density at radius 1 is 0.964 bits per heavy atom. The number of benzene rings is 2. The molecular weight excluding hydrogens is 378 g/mol. The molecule has 0 radical (unpaired) electrons. The molecule has 0 aromatic heterocycles. The average molecular weight is 406 g/mol. The van der Waals surface area contributed by atoms with E-state index in [0.717, 1.165) is 5.56 Å². The summed E-state index contributed by atoms with van der Waals surface area (Å²) in [5.41, 5.74) is 1.28. The van der Waals surface area contributed by atoms with Crippen molar-refractivity contribution in [2.75, 3.05) is 19.0 Å². The maximum atomic E-state index is 12.5. The van der Waals surface area contributed by atoms with Crippen molar-refractivity contribution in [2.45, 2.75) is 38.6 Å². The van der Waals surface area contributed by atoms with Gasteiger partial charge in [-0.05, 0) is 62.7 Å². The molecule has 0 aliphatic rings. The molecule has 152 valence electrons. The molecule has 7 heteroatoms. The van der Waals surface area contributed by atoms with Crippen molar-refractivity contribution in [1.82, 2.24) is 5.32 Å². The zero-order valence-electron chi connectivity index (χ0n) is 16.7. The zero-order chi connectivity index (χ0) is 20.7. The largest absolute Gasteiger partial charge is 0.490 e. The van der Waals surface area contributed by atoms with Crippen molar-refractivity contribution < 1.29 is 22.7 Å². The summed E-state index contributed by atoms with van der Waals surface area (Å²) in [5.74, 6) is 1.05. The second-order valence-electron chi connectivity index (χ2n) is 6.20. The summed E-state index contributed by atoms with van der Waals surface area (Å²) >= 11 is 0. The average Bonchev–Trinajstić information content (AvgIpc) is 2.69. The lowest BCUT2D eigenvalue weighted by molar-refractivity contribution is 0.0939. The topological polar surface area (TPSA) is 81.7 Å². The molecule has 28 heavy (non-hydrogen) atoms. The van der Waals surface area contributed by atoms with Crippen molar-refractivity contribution in [2.24, 2.45) is 0 Å². The van der Waals surface area contributed by atoms with Gasteiger partial charge in [0, 0.05) is 5.56 Å². The number of hydrogen-bond acceptors (Lipinski definition) is 5. The van der Waals surface area contributed by atoms with Crippen LogP contribution in [0.5, 0.6) is 11.5 Å². The van der Waals surface area contributed by atoms with Gasteiger partial charge in [-0.15, -0.1) is 0 Å². The first-order valence-electron chi connectivity index (χ1n) is 9.35. The summed E-state index contributed by atoms with van der Waals surface area (Å²) in [6.07, 6.45) is 0. The van der Waals surface area contributed by atoms with Gasteiger partial charge in [0.05, 0.1) is 29.9 Å². The fraction of sp³-hybridized carbons (Fsp3) is 0.381. The summed E-state index contributed by atoms with van der Waals surface area (Å²) in [6.45, 7) is 8.32. The molecule has 0 bridgehead atoms. The van der Waals surface area contributed by atoms with E-state index in [4.69, 9.17) is 9.47 Å². The molecule has 0 aliphatic heterocycles. The number of nitrogens with one attached hydrogen (secondary N) is 1. The van der Waals surface area contributed by atoms with Crippen LogP contribution in [0.2, 0.25) is 0 Å². The van der Waals surface area contributed by atoms with Gasteiger partial charge in [-0.1, -0.05) is 13.0 Å². The normalized spacial score (nSPS) is 12.3. The summed E-state index contributed by atoms with van der Waals surface area (Å²) < 4.78 is 35.0. The first kappa shape index (κ1) is 21.8. The molecule has 2 aromatic carbocycles. The predicted molar refractivity (Wildman–Crippen MR) is 109 cm³/mol. The van der Waals surface area contributed by atoms with E-state index in [9.17, 15) is 13.2 Å². The first-order chi connectivity index (χ1) is 13.3. The number of amides is 1. The van der Waals surface area contributed by atoms with Crippen molar-refractivity contribution in [3.63, 3.8) is 0 Å². The van der Waals surface area contributed by atoms with E-state index in [0.29, 0.717) is 30.3 Å². The van der Waals surface area contributed by atoms with E-state index in [1.165, 1.54) is 24.3 Å². The molecule has 0 saturated heterocycles. The molecule has 6 nitrogen and oxygen atoms in total. The number of rotatable bonds is 9. The molecule has 2 rings (SSSR count). The minimum absolute atomic E-state index is 0.0233. The van der Waals surface area contributed by atoms with Gasteiger partial charge in [-0.25, -0.2) is 8.42 Å². The van der Waals surface area contributed by atoms with Gasteiger partial charge >= 0.3 is 0 Å². The number of carbonyl (C=O) groups is 1. The number of ether oxygens (including phenoxy) is 2. The van der Waals surface area contributed by atoms with Gasteiger partial charge in [-0.2, -0.15) is 0 Å². The lowest BCUT2D eigenvalue weighted by Gasteiger charge is -2.17. The van der Waals surface area contributed by atoms with Crippen LogP contribution in [0.25, 0.3) is 0 Å². The zero-order valence-corrected chi connectivity index (χ0v) is 17.5. The Bertz CT molecular complexity index is 907. The Kier molecular flexibility index (Phi) is 7.45. The summed E-state index contributed by atoms with van der Waals surface area (Å²) in [4.78, 5) is 12.7. The van der Waals surface area contributed by atoms with Crippen molar-refractivity contribution >= 4 is 15.7 Å². The van der Waals surface area contributed by atoms with Crippen LogP contribution in [-0.4, -0.2) is 33.3 Å². The molecule has 1 atom stereocenters. The highest BCUT2D eigenvalue weighted by Crippen LogP contribution is 2.30. The van der Waals surface area contributed by atoms with E-state index in [1.54, 1.807) is 6.92 Å². The van der Waals surface area contributed by atoms with Crippen LogP contribution in [0.15, 0.2) is 47.4 Å². The van der Waals surface area contributed by atoms with Gasteiger partial charge in [0.2, 0.25) is 0 Å². The monoisotopic (exact) mass is 405 g/mol. The van der Waals surface area contributed by atoms with Crippen LogP contribution >= 0.6 is 0 Å². The minimum atomic E-state index is -3.28. The third kappa shape index (κ3) is 5.25. The quantitative estimate of drug-likeness (QED) is 0.687. The summed E-state index contributed by atoms with van der Waals surface area (Å²) in [6, 6.07) is 11.3. The van der Waals surface area contributed by atoms with E-state index >= 15 is 0 Å². The summed E-state index contributed by atoms with van der Waals surface area (Å²) in [7, 11) is -3.28. The van der Waals surface area contributed by atoms with E-state index < -0.39 is 9.84 Å². The lowest BCUT2D eigenvalue weighted by Crippen LogP contribution is -2.26. The molecule has 1 amide bonds. The van der Waals surface area contributed by atoms with Gasteiger partial charge in [0.15, 0.2) is 21.3 Å². The Balaban J connectivity index is 2.14. The number of hydrogen-bond donors (Lipinski definition) is 1. The minimum Gasteiger partial charge on any atom is -0.490 e. The Morgan fingerprint density at radius 3 is 2.14 bits per heavy atom. The van der Waals surface area contributed by atoms with E-state index in [2.05, 4.69) is 5.32 Å². The molecule has 1 N–H and O–H groups in total. The maximum Gasteiger partial charge on any atom is 0.251 e. The van der Waals surface area contributed by atoms with E-state index in [-0.39, 0.29) is 22.6 Å². The molecule has 0 heterocycles. The van der Waals surface area contributed by atoms with Gasteiger partial charge in [0.1, 0.15) is 0 Å². The van der Waals surface area contributed by atoms with Crippen LogP contribution in [0, 0.1) is 0 Å². The highest BCUT2D eigenvalue weighted by Gasteiger charge is 2.16. The van der Waals surface area contributed by atoms with Crippen LogP contribution < -0.4 is 14.8 Å². The van der Waals surface area contributed by atoms with Crippen molar-refractivity contribution in [3.8, 4) is 11.5 Å². The maximum absolute atomic E-state index is 12.5. The second kappa shape index (κ2) is 9.59. The van der Waals surface area contributed by atoms with Crippen molar-refractivity contribution in [1.29, 1.82) is 0 Å². The standard InChI is InChI=1S/C21H27NO5S/c1-5-26-19-13-10-17(14-20(19)27-6-2)15(4)22-21(23)16-8-11-18(12-9-16)28(24,25)7-3/h8-15H,5-7H2,1-4H3,(H,22,23). The van der Waals surface area contributed by atoms with Gasteiger partial charge in [0.25, 0.3) is 5.91 Å². The third-order valence-corrected chi connectivity index (χ3v) is 6.02. The lowest BCUT2D eigenvalue weighted by atomic mass is 10.1. The fourth-order valence-corrected chi connectivity index (χ4v) is 3.56. The predicted octanol–water partition coefficient (Wildman–Crippen LogP) is 3.77. The molecule has 2 aromatic rings. The van der Waals surface area contributed by atoms with Crippen LogP contribution in [0.3, 0.4) is 0 Å².